The van der Waals surface area contributed by atoms with E-state index in [9.17, 15) is 39.9 Å². The maximum atomic E-state index is 12.4. The van der Waals surface area contributed by atoms with E-state index in [-0.39, 0.29) is 39.4 Å². The zero-order valence-electron chi connectivity index (χ0n) is 26.9. The first kappa shape index (κ1) is 38.4. The average molecular weight is 777 g/mol. The van der Waals surface area contributed by atoms with Crippen LogP contribution in [0.5, 0.6) is 11.5 Å². The van der Waals surface area contributed by atoms with E-state index in [0.29, 0.717) is 38.9 Å². The molecule has 0 bridgehead atoms. The summed E-state index contributed by atoms with van der Waals surface area (Å²) in [5.41, 5.74) is 7.38. The molecule has 268 valence electrons. The van der Waals surface area contributed by atoms with E-state index >= 15 is 0 Å². The van der Waals surface area contributed by atoms with Crippen LogP contribution in [-0.4, -0.2) is 49.1 Å². The number of hydrogen-bond donors (Lipinski definition) is 3. The second-order valence-corrected chi connectivity index (χ2v) is 17.1. The molecule has 14 nitrogen and oxygen atoms in total. The lowest BCUT2D eigenvalue weighted by Gasteiger charge is -2.12. The van der Waals surface area contributed by atoms with Crippen molar-refractivity contribution >= 4 is 73.2 Å². The van der Waals surface area contributed by atoms with Crippen LogP contribution >= 0.6 is 10.7 Å². The Kier molecular flexibility index (Phi) is 11.5. The first-order chi connectivity index (χ1) is 23.7. The number of nitrogen functional groups attached to an aromatic ring is 1. The first-order valence-electron chi connectivity index (χ1n) is 14.2. The van der Waals surface area contributed by atoms with Gasteiger partial charge in [-0.2, -0.15) is 8.42 Å². The highest BCUT2D eigenvalue weighted by molar-refractivity contribution is 8.13. The van der Waals surface area contributed by atoms with Crippen LogP contribution in [0.1, 0.15) is 0 Å². The van der Waals surface area contributed by atoms with Crippen molar-refractivity contribution in [1.29, 1.82) is 0 Å². The van der Waals surface area contributed by atoms with E-state index in [1.54, 1.807) is 54.6 Å². The van der Waals surface area contributed by atoms with E-state index in [0.717, 1.165) is 18.8 Å². The summed E-state index contributed by atoms with van der Waals surface area (Å²) in [4.78, 5) is 24.4. The minimum atomic E-state index is -3.80. The van der Waals surface area contributed by atoms with Gasteiger partial charge < -0.3 is 23.9 Å². The predicted molar refractivity (Wildman–Crippen MR) is 197 cm³/mol. The summed E-state index contributed by atoms with van der Waals surface area (Å²) < 4.78 is 83.4. The highest BCUT2D eigenvalue weighted by Crippen LogP contribution is 2.34. The Morgan fingerprint density at radius 1 is 0.686 bits per heavy atom. The fourth-order valence-electron chi connectivity index (χ4n) is 4.47. The normalized spacial score (nSPS) is 11.5. The first-order valence-corrected chi connectivity index (χ1v) is 20.7. The molecule has 0 aliphatic rings. The summed E-state index contributed by atoms with van der Waals surface area (Å²) in [6, 6.07) is 24.6. The number of phenolic OH excluding ortho intramolecular Hbond substituents is 1. The third-order valence-corrected chi connectivity index (χ3v) is 7.46. The second kappa shape index (κ2) is 15.3. The van der Waals surface area contributed by atoms with Gasteiger partial charge in [-0.05, 0) is 60.7 Å². The van der Waals surface area contributed by atoms with Crippen molar-refractivity contribution in [2.45, 2.75) is 0 Å². The van der Waals surface area contributed by atoms with Gasteiger partial charge in [0.05, 0.1) is 35.2 Å². The lowest BCUT2D eigenvalue weighted by Crippen LogP contribution is -2.11. The summed E-state index contributed by atoms with van der Waals surface area (Å²) in [6.07, 6.45) is 2.77. The molecule has 0 amide bonds. The number of phenols is 1. The molecule has 51 heavy (non-hydrogen) atoms. The molecule has 6 rings (SSSR count). The Balaban J connectivity index is 0.000000211. The van der Waals surface area contributed by atoms with Gasteiger partial charge in [0.25, 0.3) is 0 Å². The van der Waals surface area contributed by atoms with Crippen LogP contribution in [0, 0.1) is 0 Å². The minimum Gasteiger partial charge on any atom is -0.508 e. The van der Waals surface area contributed by atoms with Crippen LogP contribution in [0.4, 0.5) is 11.4 Å². The maximum Gasteiger partial charge on any atom is 0.306 e. The van der Waals surface area contributed by atoms with Crippen molar-refractivity contribution in [2.24, 2.45) is 0 Å². The Hall–Kier alpha value is -5.36. The highest BCUT2D eigenvalue weighted by Gasteiger charge is 2.17. The largest absolute Gasteiger partial charge is 0.508 e. The second-order valence-electron chi connectivity index (χ2n) is 10.8. The minimum absolute atomic E-state index is 0.0534. The van der Waals surface area contributed by atoms with Crippen molar-refractivity contribution in [3.05, 3.63) is 118 Å². The van der Waals surface area contributed by atoms with E-state index < -0.39 is 29.2 Å². The van der Waals surface area contributed by atoms with Crippen LogP contribution in [0.2, 0.25) is 0 Å². The van der Waals surface area contributed by atoms with Crippen molar-refractivity contribution < 1.29 is 43.4 Å². The van der Waals surface area contributed by atoms with Crippen LogP contribution < -0.4 is 25.5 Å². The van der Waals surface area contributed by atoms with Gasteiger partial charge in [0.1, 0.15) is 34.2 Å². The number of halogens is 1. The van der Waals surface area contributed by atoms with Crippen LogP contribution in [0.25, 0.3) is 44.6 Å². The zero-order chi connectivity index (χ0) is 37.7. The molecule has 6 aromatic rings. The lowest BCUT2D eigenvalue weighted by molar-refractivity contribution is 0.475. The molecular formula is C33H29ClN2O12S3. The molecule has 0 unspecified atom stereocenters. The van der Waals surface area contributed by atoms with Gasteiger partial charge in [-0.3, -0.25) is 14.3 Å². The number of nitrogens with one attached hydrogen (secondary N) is 1. The third-order valence-electron chi connectivity index (χ3n) is 6.37. The summed E-state index contributed by atoms with van der Waals surface area (Å²) in [6.45, 7) is 0. The van der Waals surface area contributed by atoms with Gasteiger partial charge in [-0.25, -0.2) is 16.8 Å². The number of rotatable bonds is 6. The number of benzene rings is 4. The molecule has 0 aliphatic carbocycles. The SMILES string of the molecule is CS(=O)(=O)Cl.CS(=O)(=O)Nc1ccc(OS(C)(=O)=O)cc1-c1cc(=O)c2ccccc2o1.Nc1ccc(O)cc1-c1cc(=O)c2ccccc2o1. The third kappa shape index (κ3) is 11.3. The molecule has 0 fully saturated rings. The van der Waals surface area contributed by atoms with Gasteiger partial charge in [0.2, 0.25) is 19.1 Å². The van der Waals surface area contributed by atoms with E-state index in [1.807, 2.05) is 0 Å². The molecule has 0 saturated carbocycles. The predicted octanol–water partition coefficient (Wildman–Crippen LogP) is 5.10. The van der Waals surface area contributed by atoms with Crippen molar-refractivity contribution in [3.8, 4) is 34.1 Å². The number of anilines is 2. The van der Waals surface area contributed by atoms with Gasteiger partial charge in [-0.1, -0.05) is 24.3 Å². The van der Waals surface area contributed by atoms with Crippen molar-refractivity contribution in [1.82, 2.24) is 0 Å². The molecule has 4 aromatic carbocycles. The van der Waals surface area contributed by atoms with Crippen molar-refractivity contribution in [3.63, 3.8) is 0 Å². The Bertz CT molecular complexity index is 2700. The molecule has 0 radical (unpaired) electrons. The number of fused-ring (bicyclic) bond motifs is 2. The maximum absolute atomic E-state index is 12.4. The summed E-state index contributed by atoms with van der Waals surface area (Å²) in [5.74, 6) is 0.420. The van der Waals surface area contributed by atoms with Gasteiger partial charge in [0, 0.05) is 39.6 Å². The van der Waals surface area contributed by atoms with Gasteiger partial charge in [0.15, 0.2) is 10.9 Å². The fraction of sp³-hybridized carbons (Fsp3) is 0.0909. The van der Waals surface area contributed by atoms with Crippen molar-refractivity contribution in [2.75, 3.05) is 29.2 Å². The molecular weight excluding hydrogens is 748 g/mol. The van der Waals surface area contributed by atoms with Crippen LogP contribution in [0.15, 0.2) is 115 Å². The molecule has 0 saturated heterocycles. The van der Waals surface area contributed by atoms with E-state index in [4.69, 9.17) is 18.8 Å². The standard InChI is InChI=1S/C17H15NO7S2.C15H11NO3.CH3ClO2S/c1-26(20,21)18-14-8-7-11(25-27(2,22)23)9-13(14)17-10-15(19)12-5-3-4-6-16(12)24-17;16-12-6-5-9(17)7-11(12)15-8-13(18)10-3-1-2-4-14(10)19-15;1-5(2,3)4/h3-10,18H,1-2H3;1-8,17H,16H2;1H3. The topological polar surface area (TPSA) is 230 Å². The fourth-order valence-corrected chi connectivity index (χ4v) is 5.50. The Labute approximate surface area is 296 Å². The average Bonchev–Trinajstić information content (AvgIpc) is 3.01. The number of hydrogen-bond acceptors (Lipinski definition) is 13. The molecule has 0 aliphatic heterocycles. The number of aromatic hydroxyl groups is 1. The van der Waals surface area contributed by atoms with Gasteiger partial charge in [-0.15, -0.1) is 0 Å². The molecule has 0 atom stereocenters. The monoisotopic (exact) mass is 776 g/mol. The molecule has 0 spiro atoms. The highest BCUT2D eigenvalue weighted by atomic mass is 35.7. The smallest absolute Gasteiger partial charge is 0.306 e. The van der Waals surface area contributed by atoms with E-state index in [2.05, 4.69) is 15.4 Å². The van der Waals surface area contributed by atoms with Crippen LogP contribution in [-0.2, 0) is 29.2 Å². The number of para-hydroxylation sites is 2. The lowest BCUT2D eigenvalue weighted by atomic mass is 10.1. The molecule has 2 heterocycles. The summed E-state index contributed by atoms with van der Waals surface area (Å²) in [7, 11) is -6.13. The molecule has 2 aromatic heterocycles. The number of sulfonamides is 1. The Morgan fingerprint density at radius 2 is 1.18 bits per heavy atom. The molecule has 4 N–H and O–H groups in total. The van der Waals surface area contributed by atoms with Gasteiger partial charge >= 0.3 is 10.1 Å². The summed E-state index contributed by atoms with van der Waals surface area (Å²) >= 11 is 0. The zero-order valence-corrected chi connectivity index (χ0v) is 30.1. The summed E-state index contributed by atoms with van der Waals surface area (Å²) in [5, 5.41) is 10.4. The molecule has 18 heteroatoms. The quantitative estimate of drug-likeness (QED) is 0.0866. The number of nitrogens with two attached hydrogens (primary N) is 1. The van der Waals surface area contributed by atoms with E-state index in [1.165, 1.54) is 42.5 Å². The Morgan fingerprint density at radius 3 is 1.67 bits per heavy atom. The van der Waals surface area contributed by atoms with Crippen LogP contribution in [0.3, 0.4) is 0 Å².